The summed E-state index contributed by atoms with van der Waals surface area (Å²) in [4.78, 5) is 0. The second-order valence-electron chi connectivity index (χ2n) is 13.0. The fourth-order valence-electron chi connectivity index (χ4n) is 6.81. The number of hydrogen-bond acceptors (Lipinski definition) is 0. The summed E-state index contributed by atoms with van der Waals surface area (Å²) in [5.41, 5.74) is 2.05. The van der Waals surface area contributed by atoms with Gasteiger partial charge in [-0.1, -0.05) is 149 Å². The monoisotopic (exact) mass is 642 g/mol. The van der Waals surface area contributed by atoms with Crippen molar-refractivity contribution >= 4 is 53.3 Å². The van der Waals surface area contributed by atoms with Gasteiger partial charge in [-0.25, -0.2) is 12.1 Å². The number of rotatable bonds is 5. The third-order valence-corrected chi connectivity index (χ3v) is 14.5. The zero-order valence-corrected chi connectivity index (χ0v) is 29.4. The maximum atomic E-state index is 2.50. The Morgan fingerprint density at radius 3 is 1.42 bits per heavy atom. The van der Waals surface area contributed by atoms with Gasteiger partial charge in [-0.3, -0.25) is 0 Å². The summed E-state index contributed by atoms with van der Waals surface area (Å²) in [6.07, 6.45) is 0. The van der Waals surface area contributed by atoms with Gasteiger partial charge in [-0.05, 0) is 48.1 Å². The fraction of sp³-hybridized carbons (Fsp3) is 0.250. The van der Waals surface area contributed by atoms with Crippen molar-refractivity contribution in [3.8, 4) is 0 Å². The minimum atomic E-state index is -0.748. The third kappa shape index (κ3) is 7.42. The smallest absolute Gasteiger partial charge is 0 e. The van der Waals surface area contributed by atoms with Crippen molar-refractivity contribution in [2.45, 2.75) is 64.4 Å². The largest absolute Gasteiger partial charge is 0.748 e. The summed E-state index contributed by atoms with van der Waals surface area (Å²) in [5, 5.41) is 10.4. The molecule has 0 radical (unpaired) electrons. The van der Waals surface area contributed by atoms with Crippen molar-refractivity contribution in [2.24, 2.45) is 0 Å². The zero-order chi connectivity index (χ0) is 29.9. The Morgan fingerprint density at radius 1 is 0.558 bits per heavy atom. The second kappa shape index (κ2) is 14.1. The van der Waals surface area contributed by atoms with Crippen molar-refractivity contribution < 1.29 is 17.1 Å². The van der Waals surface area contributed by atoms with Gasteiger partial charge in [-0.15, -0.1) is 5.30 Å². The van der Waals surface area contributed by atoms with E-state index >= 15 is 0 Å². The van der Waals surface area contributed by atoms with E-state index in [4.69, 9.17) is 0 Å². The first kappa shape index (κ1) is 33.4. The third-order valence-electron chi connectivity index (χ3n) is 7.92. The molecule has 0 spiro atoms. The van der Waals surface area contributed by atoms with Gasteiger partial charge < -0.3 is 30.3 Å². The van der Waals surface area contributed by atoms with Crippen LogP contribution < -0.4 is 15.9 Å². The van der Waals surface area contributed by atoms with Gasteiger partial charge >= 0.3 is 0 Å². The van der Waals surface area contributed by atoms with Crippen LogP contribution in [0.2, 0.25) is 0 Å². The summed E-state index contributed by atoms with van der Waals surface area (Å²) in [6.45, 7) is 17.2. The molecule has 6 aromatic rings. The first-order valence-electron chi connectivity index (χ1n) is 15.0. The second-order valence-corrected chi connectivity index (χ2v) is 19.4. The summed E-state index contributed by atoms with van der Waals surface area (Å²) in [7, 11) is -1.04. The molecule has 43 heavy (non-hydrogen) atoms. The predicted molar refractivity (Wildman–Crippen MR) is 193 cm³/mol. The van der Waals surface area contributed by atoms with Gasteiger partial charge in [0.15, 0.2) is 0 Å². The molecule has 0 aliphatic carbocycles. The minimum Gasteiger partial charge on any atom is -0.748 e. The van der Waals surface area contributed by atoms with Gasteiger partial charge in [0.25, 0.3) is 0 Å². The molecule has 0 nitrogen and oxygen atoms in total. The van der Waals surface area contributed by atoms with Gasteiger partial charge in [0, 0.05) is 17.1 Å². The SMILES string of the molecule is CC(c1ccc[c-]1P(c1cccc2ccccc12)c1cccc2ccccc12)P(C(C)(C)C)C(C)(C)C.[Fe].[cH-]1[cH-][cH-][cH-][cH-]1. The molecule has 0 amide bonds. The summed E-state index contributed by atoms with van der Waals surface area (Å²) in [6, 6.07) is 48.8. The van der Waals surface area contributed by atoms with Gasteiger partial charge in [0.05, 0.1) is 0 Å². The van der Waals surface area contributed by atoms with Crippen LogP contribution >= 0.6 is 15.8 Å². The van der Waals surface area contributed by atoms with E-state index in [9.17, 15) is 0 Å². The van der Waals surface area contributed by atoms with Crippen LogP contribution in [0.25, 0.3) is 21.5 Å². The topological polar surface area (TPSA) is 0 Å². The van der Waals surface area contributed by atoms with Gasteiger partial charge in [-0.2, -0.15) is 11.6 Å². The van der Waals surface area contributed by atoms with E-state index in [-0.39, 0.29) is 35.3 Å². The molecular weight excluding hydrogens is 598 g/mol. The summed E-state index contributed by atoms with van der Waals surface area (Å²) >= 11 is 0. The van der Waals surface area contributed by atoms with E-state index in [0.29, 0.717) is 5.66 Å². The fourth-order valence-corrected chi connectivity index (χ4v) is 14.6. The van der Waals surface area contributed by atoms with Crippen LogP contribution in [0.15, 0.2) is 133 Å². The summed E-state index contributed by atoms with van der Waals surface area (Å²) < 4.78 is 0. The van der Waals surface area contributed by atoms with Crippen molar-refractivity contribution in [3.05, 3.63) is 139 Å². The number of benzene rings is 4. The van der Waals surface area contributed by atoms with E-state index in [2.05, 4.69) is 152 Å². The molecule has 6 aromatic carbocycles. The van der Waals surface area contributed by atoms with E-state index in [0.717, 1.165) is 0 Å². The molecule has 0 heterocycles. The number of hydrogen-bond donors (Lipinski definition) is 0. The molecule has 0 aromatic heterocycles. The van der Waals surface area contributed by atoms with Gasteiger partial charge in [0.1, 0.15) is 0 Å². The Hall–Kier alpha value is -2.52. The normalized spacial score (nSPS) is 12.7. The van der Waals surface area contributed by atoms with Crippen LogP contribution in [0.5, 0.6) is 0 Å². The predicted octanol–water partition coefficient (Wildman–Crippen LogP) is 11.0. The molecule has 0 bridgehead atoms. The molecule has 6 rings (SSSR count). The van der Waals surface area contributed by atoms with E-state index in [1.54, 1.807) is 5.56 Å². The van der Waals surface area contributed by atoms with Crippen LogP contribution in [-0.4, -0.2) is 10.3 Å². The Balaban J connectivity index is 0.000000641. The molecule has 0 fully saturated rings. The zero-order valence-electron chi connectivity index (χ0n) is 26.5. The molecule has 3 heteroatoms. The molecule has 0 aliphatic rings. The quantitative estimate of drug-likeness (QED) is 0.0997. The average molecular weight is 643 g/mol. The van der Waals surface area contributed by atoms with E-state index < -0.39 is 7.92 Å². The van der Waals surface area contributed by atoms with Crippen molar-refractivity contribution in [3.63, 3.8) is 0 Å². The van der Waals surface area contributed by atoms with Crippen LogP contribution in [0.4, 0.5) is 0 Å². The van der Waals surface area contributed by atoms with Crippen molar-refractivity contribution in [1.29, 1.82) is 0 Å². The molecule has 228 valence electrons. The molecule has 0 saturated heterocycles. The van der Waals surface area contributed by atoms with Crippen LogP contribution in [0.1, 0.15) is 59.7 Å². The van der Waals surface area contributed by atoms with Crippen LogP contribution in [0.3, 0.4) is 0 Å². The average Bonchev–Trinajstić information content (AvgIpc) is 3.68. The minimum absolute atomic E-state index is 0. The van der Waals surface area contributed by atoms with Crippen molar-refractivity contribution in [2.75, 3.05) is 0 Å². The first-order chi connectivity index (χ1) is 20.1. The van der Waals surface area contributed by atoms with Crippen molar-refractivity contribution in [1.82, 2.24) is 0 Å². The van der Waals surface area contributed by atoms with Gasteiger partial charge in [0.2, 0.25) is 0 Å². The molecule has 1 atom stereocenters. The van der Waals surface area contributed by atoms with Crippen LogP contribution in [0, 0.1) is 0 Å². The maximum Gasteiger partial charge on any atom is 0 e. The molecular formula is C40H44FeP2-6. The van der Waals surface area contributed by atoms with E-state index in [1.165, 1.54) is 37.5 Å². The molecule has 0 saturated carbocycles. The summed E-state index contributed by atoms with van der Waals surface area (Å²) in [5.74, 6) is 0. The number of fused-ring (bicyclic) bond motifs is 2. The maximum absolute atomic E-state index is 2.50. The standard InChI is InChI=1S/C35H39P2.C5H5.Fe/c1-25(37(34(2,3)4)35(5,6)7)28-21-14-24-31(28)36(32-22-12-17-26-15-8-10-19-29(26)32)33-23-13-18-27-16-9-11-20-30(27)33;1-2-4-5-3-1;/h8-25H,1-7H3;1-5H;/q-1;-5;. The Kier molecular flexibility index (Phi) is 10.9. The Bertz CT molecular complexity index is 1610. The Morgan fingerprint density at radius 2 is 0.977 bits per heavy atom. The molecule has 0 aliphatic heterocycles. The van der Waals surface area contributed by atoms with E-state index in [1.807, 2.05) is 30.3 Å². The first-order valence-corrected chi connectivity index (χ1v) is 17.8. The molecule has 1 unspecified atom stereocenters. The van der Waals surface area contributed by atoms with Crippen LogP contribution in [-0.2, 0) is 17.1 Å². The molecule has 0 N–H and O–H groups in total. The Labute approximate surface area is 272 Å².